The van der Waals surface area contributed by atoms with Crippen molar-refractivity contribution >= 4 is 40.2 Å². The number of hydrogen-bond donors (Lipinski definition) is 4. The van der Waals surface area contributed by atoms with Gasteiger partial charge < -0.3 is 26.7 Å². The average Bonchev–Trinajstić information content (AvgIpc) is 3.14. The molecule has 1 aromatic carbocycles. The van der Waals surface area contributed by atoms with Gasteiger partial charge in [-0.1, -0.05) is 23.7 Å². The Kier molecular flexibility index (Phi) is 5.73. The molecular weight excluding hydrogens is 388 g/mol. The number of para-hydroxylation sites is 1. The van der Waals surface area contributed by atoms with Crippen molar-refractivity contribution in [1.29, 1.82) is 0 Å². The molecule has 29 heavy (non-hydrogen) atoms. The molecule has 2 aromatic heterocycles. The lowest BCUT2D eigenvalue weighted by Gasteiger charge is -2.26. The van der Waals surface area contributed by atoms with Gasteiger partial charge in [0, 0.05) is 25.2 Å². The van der Waals surface area contributed by atoms with E-state index < -0.39 is 0 Å². The number of hydrogen-bond acceptors (Lipinski definition) is 7. The van der Waals surface area contributed by atoms with Gasteiger partial charge in [0.1, 0.15) is 0 Å². The lowest BCUT2D eigenvalue weighted by molar-refractivity contribution is 0.410. The zero-order chi connectivity index (χ0) is 20.4. The predicted molar refractivity (Wildman–Crippen MR) is 118 cm³/mol. The van der Waals surface area contributed by atoms with Crippen LogP contribution >= 0.6 is 11.6 Å². The molecule has 0 unspecified atom stereocenters. The van der Waals surface area contributed by atoms with Gasteiger partial charge in [-0.05, 0) is 44.2 Å². The molecule has 6 N–H and O–H groups in total. The van der Waals surface area contributed by atoms with Crippen molar-refractivity contribution in [3.63, 3.8) is 0 Å². The summed E-state index contributed by atoms with van der Waals surface area (Å²) in [6, 6.07) is 6.25. The van der Waals surface area contributed by atoms with Crippen LogP contribution in [0.15, 0.2) is 24.5 Å². The van der Waals surface area contributed by atoms with Gasteiger partial charge in [0.05, 0.1) is 17.0 Å². The van der Waals surface area contributed by atoms with Crippen LogP contribution in [0.2, 0.25) is 5.02 Å². The first-order chi connectivity index (χ1) is 14.0. The summed E-state index contributed by atoms with van der Waals surface area (Å²) < 4.78 is 2.01. The second-order valence-electron chi connectivity index (χ2n) is 7.52. The maximum absolute atomic E-state index is 6.14. The Hall–Kier alpha value is -2.58. The maximum atomic E-state index is 6.14. The number of rotatable bonds is 6. The number of nitrogens with two attached hydrogens (primary N) is 2. The van der Waals surface area contributed by atoms with E-state index in [1.807, 2.05) is 16.7 Å². The van der Waals surface area contributed by atoms with Gasteiger partial charge in [0.25, 0.3) is 0 Å². The van der Waals surface area contributed by atoms with E-state index in [2.05, 4.69) is 22.5 Å². The summed E-state index contributed by atoms with van der Waals surface area (Å²) in [7, 11) is 0. The Labute approximate surface area is 175 Å². The van der Waals surface area contributed by atoms with Crippen molar-refractivity contribution in [2.75, 3.05) is 16.4 Å². The van der Waals surface area contributed by atoms with E-state index in [1.165, 1.54) is 0 Å². The van der Waals surface area contributed by atoms with Crippen LogP contribution in [0.25, 0.3) is 11.2 Å². The number of anilines is 3. The molecule has 4 rings (SSSR count). The Morgan fingerprint density at radius 3 is 2.76 bits per heavy atom. The van der Waals surface area contributed by atoms with E-state index in [4.69, 9.17) is 33.0 Å². The third-order valence-corrected chi connectivity index (χ3v) is 5.83. The zero-order valence-electron chi connectivity index (χ0n) is 16.5. The molecule has 3 aromatic rings. The fourth-order valence-electron chi connectivity index (χ4n) is 3.72. The Bertz CT molecular complexity index is 994. The molecule has 0 bridgehead atoms. The van der Waals surface area contributed by atoms with Gasteiger partial charge in [-0.15, -0.1) is 0 Å². The van der Waals surface area contributed by atoms with E-state index in [9.17, 15) is 0 Å². The van der Waals surface area contributed by atoms with Crippen molar-refractivity contribution in [1.82, 2.24) is 19.5 Å². The van der Waals surface area contributed by atoms with Gasteiger partial charge in [0.15, 0.2) is 17.0 Å². The van der Waals surface area contributed by atoms with Crippen LogP contribution in [-0.2, 0) is 13.1 Å². The first kappa shape index (κ1) is 19.7. The number of fused-ring (bicyclic) bond motifs is 1. The number of halogens is 1. The third-order valence-electron chi connectivity index (χ3n) is 5.50. The number of benzene rings is 1. The molecule has 1 saturated carbocycles. The molecule has 0 spiro atoms. The smallest absolute Gasteiger partial charge is 0.227 e. The van der Waals surface area contributed by atoms with Crippen LogP contribution in [0, 0.1) is 0 Å². The topological polar surface area (TPSA) is 120 Å². The minimum Gasteiger partial charge on any atom is -0.397 e. The van der Waals surface area contributed by atoms with Gasteiger partial charge in [-0.3, -0.25) is 0 Å². The molecule has 0 aliphatic heterocycles. The molecule has 0 amide bonds. The summed E-state index contributed by atoms with van der Waals surface area (Å²) in [5, 5.41) is 7.40. The van der Waals surface area contributed by atoms with E-state index in [0.29, 0.717) is 41.1 Å². The third kappa shape index (κ3) is 4.23. The molecule has 0 saturated heterocycles. The van der Waals surface area contributed by atoms with Crippen LogP contribution in [0.3, 0.4) is 0 Å². The lowest BCUT2D eigenvalue weighted by atomic mass is 9.92. The van der Waals surface area contributed by atoms with Crippen molar-refractivity contribution in [3.05, 3.63) is 35.1 Å². The number of nitrogens with one attached hydrogen (secondary N) is 2. The number of imidazole rings is 1. The van der Waals surface area contributed by atoms with Crippen molar-refractivity contribution in [2.24, 2.45) is 5.73 Å². The second-order valence-corrected chi connectivity index (χ2v) is 7.93. The number of nitrogens with zero attached hydrogens (tertiary/aromatic N) is 4. The Morgan fingerprint density at radius 1 is 1.21 bits per heavy atom. The van der Waals surface area contributed by atoms with Crippen LogP contribution in [0.4, 0.5) is 17.5 Å². The van der Waals surface area contributed by atoms with E-state index in [-0.39, 0.29) is 0 Å². The summed E-state index contributed by atoms with van der Waals surface area (Å²) >= 11 is 6.14. The second kappa shape index (κ2) is 8.42. The summed E-state index contributed by atoms with van der Waals surface area (Å²) in [6.07, 6.45) is 5.88. The minimum atomic E-state index is 0.304. The number of nitrogen functional groups attached to an aromatic ring is 1. The summed E-state index contributed by atoms with van der Waals surface area (Å²) in [4.78, 5) is 14.0. The first-order valence-electron chi connectivity index (χ1n) is 10.1. The summed E-state index contributed by atoms with van der Waals surface area (Å²) in [5.74, 6) is 1.28. The summed E-state index contributed by atoms with van der Waals surface area (Å²) in [5.41, 5.74) is 15.2. The van der Waals surface area contributed by atoms with Crippen LogP contribution < -0.4 is 22.1 Å². The zero-order valence-corrected chi connectivity index (χ0v) is 17.3. The fourth-order valence-corrected chi connectivity index (χ4v) is 3.92. The molecular formula is C20H27ClN8. The van der Waals surface area contributed by atoms with Gasteiger partial charge in [-0.2, -0.15) is 9.97 Å². The standard InChI is InChI=1S/C20H27ClN8/c1-2-29-11-25-17-18(24-10-12-4-3-5-15(21)16(12)23)27-20(28-19(17)29)26-14-8-6-13(22)7-9-14/h3-5,11,13-14H,2,6-10,22-23H2,1H3,(H2,24,26,27,28). The highest BCUT2D eigenvalue weighted by Gasteiger charge is 2.20. The molecule has 1 aliphatic rings. The van der Waals surface area contributed by atoms with Crippen molar-refractivity contribution < 1.29 is 0 Å². The molecule has 0 atom stereocenters. The molecule has 154 valence electrons. The number of aromatic nitrogens is 4. The Balaban J connectivity index is 1.61. The SMILES string of the molecule is CCn1cnc2c(NCc3cccc(Cl)c3N)nc(NC3CCC(N)CC3)nc21. The highest BCUT2D eigenvalue weighted by Crippen LogP contribution is 2.26. The fraction of sp³-hybridized carbons (Fsp3) is 0.450. The van der Waals surface area contributed by atoms with E-state index >= 15 is 0 Å². The largest absolute Gasteiger partial charge is 0.397 e. The number of aryl methyl sites for hydroxylation is 1. The van der Waals surface area contributed by atoms with Gasteiger partial charge >= 0.3 is 0 Å². The molecule has 2 heterocycles. The lowest BCUT2D eigenvalue weighted by Crippen LogP contribution is -2.33. The predicted octanol–water partition coefficient (Wildman–Crippen LogP) is 3.38. The molecule has 1 fully saturated rings. The molecule has 8 nitrogen and oxygen atoms in total. The van der Waals surface area contributed by atoms with E-state index in [0.717, 1.165) is 49.0 Å². The van der Waals surface area contributed by atoms with Crippen LogP contribution in [0.5, 0.6) is 0 Å². The minimum absolute atomic E-state index is 0.304. The van der Waals surface area contributed by atoms with Gasteiger partial charge in [-0.25, -0.2) is 4.98 Å². The highest BCUT2D eigenvalue weighted by molar-refractivity contribution is 6.33. The van der Waals surface area contributed by atoms with Crippen LogP contribution in [0.1, 0.15) is 38.2 Å². The molecule has 9 heteroatoms. The van der Waals surface area contributed by atoms with Gasteiger partial charge in [0.2, 0.25) is 5.95 Å². The van der Waals surface area contributed by atoms with Crippen molar-refractivity contribution in [2.45, 2.75) is 57.8 Å². The van der Waals surface area contributed by atoms with E-state index in [1.54, 1.807) is 12.4 Å². The quantitative estimate of drug-likeness (QED) is 0.456. The molecule has 1 aliphatic carbocycles. The first-order valence-corrected chi connectivity index (χ1v) is 10.4. The monoisotopic (exact) mass is 414 g/mol. The average molecular weight is 415 g/mol. The highest BCUT2D eigenvalue weighted by atomic mass is 35.5. The van der Waals surface area contributed by atoms with Crippen LogP contribution in [-0.4, -0.2) is 31.6 Å². The summed E-state index contributed by atoms with van der Waals surface area (Å²) in [6.45, 7) is 3.35. The maximum Gasteiger partial charge on any atom is 0.227 e. The Morgan fingerprint density at radius 2 is 2.00 bits per heavy atom. The van der Waals surface area contributed by atoms with Crippen molar-refractivity contribution in [3.8, 4) is 0 Å². The molecule has 0 radical (unpaired) electrons. The normalized spacial score (nSPS) is 19.4.